The second kappa shape index (κ2) is 8.05. The first-order chi connectivity index (χ1) is 12.7. The van der Waals surface area contributed by atoms with E-state index in [9.17, 15) is 0 Å². The van der Waals surface area contributed by atoms with Gasteiger partial charge in [-0.1, -0.05) is 16.8 Å². The van der Waals surface area contributed by atoms with Gasteiger partial charge < -0.3 is 18.7 Å². The van der Waals surface area contributed by atoms with E-state index in [1.807, 2.05) is 19.9 Å². The van der Waals surface area contributed by atoms with E-state index < -0.39 is 0 Å². The van der Waals surface area contributed by atoms with Crippen LogP contribution in [0.25, 0.3) is 22.8 Å². The molecule has 0 spiro atoms. The van der Waals surface area contributed by atoms with Crippen LogP contribution < -0.4 is 14.2 Å². The second-order valence-electron chi connectivity index (χ2n) is 5.16. The van der Waals surface area contributed by atoms with Gasteiger partial charge in [-0.3, -0.25) is 0 Å². The van der Waals surface area contributed by atoms with Crippen molar-refractivity contribution in [2.24, 2.45) is 0 Å². The first-order valence-electron chi connectivity index (χ1n) is 8.09. The van der Waals surface area contributed by atoms with Gasteiger partial charge in [-0.05, 0) is 32.0 Å². The first-order valence-corrected chi connectivity index (χ1v) is 8.47. The van der Waals surface area contributed by atoms with Crippen LogP contribution >= 0.6 is 11.6 Å². The molecule has 8 heteroatoms. The summed E-state index contributed by atoms with van der Waals surface area (Å²) in [6, 6.07) is 7.01. The highest BCUT2D eigenvalue weighted by atomic mass is 35.5. The summed E-state index contributed by atoms with van der Waals surface area (Å²) in [4.78, 5) is 8.60. The van der Waals surface area contributed by atoms with Gasteiger partial charge in [0.05, 0.1) is 25.3 Å². The zero-order valence-corrected chi connectivity index (χ0v) is 15.4. The molecule has 3 aromatic rings. The van der Waals surface area contributed by atoms with Gasteiger partial charge in [-0.25, -0.2) is 4.98 Å². The normalized spacial score (nSPS) is 10.6. The summed E-state index contributed by atoms with van der Waals surface area (Å²) >= 11 is 6.29. The van der Waals surface area contributed by atoms with Gasteiger partial charge >= 0.3 is 0 Å². The predicted molar refractivity (Wildman–Crippen MR) is 96.9 cm³/mol. The summed E-state index contributed by atoms with van der Waals surface area (Å²) in [6.45, 7) is 4.81. The van der Waals surface area contributed by atoms with Crippen molar-refractivity contribution in [3.8, 4) is 40.2 Å². The van der Waals surface area contributed by atoms with Gasteiger partial charge in [0, 0.05) is 23.4 Å². The molecule has 7 nitrogen and oxygen atoms in total. The van der Waals surface area contributed by atoms with E-state index in [1.165, 1.54) is 0 Å². The molecule has 3 rings (SSSR count). The van der Waals surface area contributed by atoms with Crippen LogP contribution in [-0.4, -0.2) is 35.4 Å². The van der Waals surface area contributed by atoms with E-state index in [1.54, 1.807) is 31.5 Å². The summed E-state index contributed by atoms with van der Waals surface area (Å²) in [5, 5.41) is 4.41. The third-order valence-corrected chi connectivity index (χ3v) is 3.76. The minimum Gasteiger partial charge on any atom is -0.493 e. The van der Waals surface area contributed by atoms with Gasteiger partial charge in [0.25, 0.3) is 5.89 Å². The molecule has 0 saturated carbocycles. The Labute approximate surface area is 155 Å². The molecule has 0 aliphatic heterocycles. The average Bonchev–Trinajstić information content (AvgIpc) is 3.14. The van der Waals surface area contributed by atoms with Crippen molar-refractivity contribution in [2.75, 3.05) is 20.3 Å². The summed E-state index contributed by atoms with van der Waals surface area (Å²) in [5.41, 5.74) is 1.35. The highest BCUT2D eigenvalue weighted by Gasteiger charge is 2.17. The summed E-state index contributed by atoms with van der Waals surface area (Å²) in [6.07, 6.45) is 1.63. The fourth-order valence-corrected chi connectivity index (χ4v) is 2.60. The van der Waals surface area contributed by atoms with E-state index in [4.69, 9.17) is 30.3 Å². The number of nitrogens with zero attached hydrogens (tertiary/aromatic N) is 3. The SMILES string of the molecule is CCOc1ccc(-c2noc(-c3cc(Cl)c(OCC)c(OC)c3)n2)cn1. The van der Waals surface area contributed by atoms with E-state index in [2.05, 4.69) is 15.1 Å². The molecule has 0 aliphatic carbocycles. The van der Waals surface area contributed by atoms with Crippen molar-refractivity contribution in [1.29, 1.82) is 0 Å². The van der Waals surface area contributed by atoms with Crippen molar-refractivity contribution < 1.29 is 18.7 Å². The maximum absolute atomic E-state index is 6.29. The minimum absolute atomic E-state index is 0.317. The number of ether oxygens (including phenoxy) is 3. The average molecular weight is 376 g/mol. The molecule has 136 valence electrons. The first kappa shape index (κ1) is 18.0. The zero-order valence-electron chi connectivity index (χ0n) is 14.7. The molecule has 0 saturated heterocycles. The number of methoxy groups -OCH3 is 1. The molecule has 2 aromatic heterocycles. The standard InChI is InChI=1S/C18H18ClN3O4/c1-4-24-15-7-6-11(10-20-15)17-21-18(26-22-17)12-8-13(19)16(25-5-2)14(9-12)23-3/h6-10H,4-5H2,1-3H3. The number of aromatic nitrogens is 3. The Bertz CT molecular complexity index is 881. The van der Waals surface area contributed by atoms with E-state index in [0.29, 0.717) is 58.5 Å². The quantitative estimate of drug-likeness (QED) is 0.610. The lowest BCUT2D eigenvalue weighted by Gasteiger charge is -2.11. The Morgan fingerprint density at radius 2 is 1.88 bits per heavy atom. The highest BCUT2D eigenvalue weighted by Crippen LogP contribution is 2.39. The van der Waals surface area contributed by atoms with Gasteiger partial charge in [0.15, 0.2) is 11.5 Å². The van der Waals surface area contributed by atoms with Gasteiger partial charge in [0.2, 0.25) is 11.7 Å². The molecule has 0 fully saturated rings. The molecule has 26 heavy (non-hydrogen) atoms. The van der Waals surface area contributed by atoms with Crippen LogP contribution in [0.1, 0.15) is 13.8 Å². The Morgan fingerprint density at radius 3 is 2.54 bits per heavy atom. The molecule has 0 radical (unpaired) electrons. The Balaban J connectivity index is 1.91. The molecule has 0 atom stereocenters. The number of pyridine rings is 1. The number of halogens is 1. The second-order valence-corrected chi connectivity index (χ2v) is 5.57. The van der Waals surface area contributed by atoms with Gasteiger partial charge in [0.1, 0.15) is 0 Å². The molecular weight excluding hydrogens is 358 g/mol. The topological polar surface area (TPSA) is 79.5 Å². The lowest BCUT2D eigenvalue weighted by molar-refractivity contribution is 0.311. The summed E-state index contributed by atoms with van der Waals surface area (Å²) in [7, 11) is 1.54. The van der Waals surface area contributed by atoms with Crippen molar-refractivity contribution in [2.45, 2.75) is 13.8 Å². The monoisotopic (exact) mass is 375 g/mol. The molecule has 2 heterocycles. The molecule has 0 aliphatic rings. The van der Waals surface area contributed by atoms with E-state index >= 15 is 0 Å². The van der Waals surface area contributed by atoms with Crippen molar-refractivity contribution >= 4 is 11.6 Å². The highest BCUT2D eigenvalue weighted by molar-refractivity contribution is 6.32. The van der Waals surface area contributed by atoms with Crippen LogP contribution in [0.3, 0.4) is 0 Å². The Hall–Kier alpha value is -2.80. The largest absolute Gasteiger partial charge is 0.493 e. The Kier molecular flexibility index (Phi) is 5.58. The van der Waals surface area contributed by atoms with E-state index in [-0.39, 0.29) is 0 Å². The van der Waals surface area contributed by atoms with Crippen LogP contribution in [-0.2, 0) is 0 Å². The number of hydrogen-bond acceptors (Lipinski definition) is 7. The van der Waals surface area contributed by atoms with Crippen LogP contribution in [0.2, 0.25) is 5.02 Å². The minimum atomic E-state index is 0.317. The Morgan fingerprint density at radius 1 is 1.08 bits per heavy atom. The van der Waals surface area contributed by atoms with Gasteiger partial charge in [-0.2, -0.15) is 4.98 Å². The summed E-state index contributed by atoms with van der Waals surface area (Å²) < 4.78 is 21.5. The van der Waals surface area contributed by atoms with Crippen LogP contribution in [0.5, 0.6) is 17.4 Å². The van der Waals surface area contributed by atoms with Gasteiger partial charge in [-0.15, -0.1) is 0 Å². The molecule has 0 unspecified atom stereocenters. The third-order valence-electron chi connectivity index (χ3n) is 3.48. The molecule has 0 amide bonds. The lowest BCUT2D eigenvalue weighted by atomic mass is 10.2. The van der Waals surface area contributed by atoms with Crippen molar-refractivity contribution in [3.05, 3.63) is 35.5 Å². The molecule has 1 aromatic carbocycles. The fraction of sp³-hybridized carbons (Fsp3) is 0.278. The molecule has 0 bridgehead atoms. The van der Waals surface area contributed by atoms with Crippen LogP contribution in [0.15, 0.2) is 35.0 Å². The fourth-order valence-electron chi connectivity index (χ4n) is 2.33. The zero-order chi connectivity index (χ0) is 18.5. The number of benzene rings is 1. The van der Waals surface area contributed by atoms with Crippen LogP contribution in [0, 0.1) is 0 Å². The van der Waals surface area contributed by atoms with Crippen LogP contribution in [0.4, 0.5) is 0 Å². The predicted octanol–water partition coefficient (Wildman–Crippen LogP) is 4.26. The number of hydrogen-bond donors (Lipinski definition) is 0. The maximum Gasteiger partial charge on any atom is 0.258 e. The smallest absolute Gasteiger partial charge is 0.258 e. The van der Waals surface area contributed by atoms with E-state index in [0.717, 1.165) is 0 Å². The summed E-state index contributed by atoms with van der Waals surface area (Å²) in [5.74, 6) is 2.26. The maximum atomic E-state index is 6.29. The lowest BCUT2D eigenvalue weighted by Crippen LogP contribution is -1.97. The molecular formula is C18H18ClN3O4. The number of rotatable bonds is 7. The van der Waals surface area contributed by atoms with Crippen molar-refractivity contribution in [3.63, 3.8) is 0 Å². The molecule has 0 N–H and O–H groups in total. The van der Waals surface area contributed by atoms with Crippen molar-refractivity contribution in [1.82, 2.24) is 15.1 Å². The third kappa shape index (κ3) is 3.72.